The van der Waals surface area contributed by atoms with Gasteiger partial charge >= 0.3 is 23.3 Å². The Morgan fingerprint density at radius 1 is 0.908 bits per heavy atom. The Morgan fingerprint density at radius 2 is 1.60 bits per heavy atom. The smallest absolute Gasteiger partial charge is 0.488 e. The Bertz CT molecular complexity index is 1900. The highest BCUT2D eigenvalue weighted by molar-refractivity contribution is 7.79. The number of esters is 2. The summed E-state index contributed by atoms with van der Waals surface area (Å²) in [5.74, 6) is -2.36. The summed E-state index contributed by atoms with van der Waals surface area (Å²) in [7, 11) is 5.39. The molecule has 5 aliphatic heterocycles. The number of hydrogen-bond donors (Lipinski definition) is 0. The van der Waals surface area contributed by atoms with Crippen molar-refractivity contribution >= 4 is 35.5 Å². The standard InChI is InChI=1S/C48H71NO15S/c1-15-34-48(11)40(62-45(65)64-48)27(4)36-25(2)22-47(10,63-36)39(60-43-38(57-31(8)50)33(49(12)13)21-26(3)55-43)28(5)37(29(6)42(51)58-34)59-35-23-46(9,53-14)41(30(7)56-35)61-44(52)54-24-32-19-17-16-18-20-32/h16-20,26-30,33-35,37-41,43H,15,21-24H2,1-14H3/t26-,27-,28+,29-,30+,33+,34+,35+,37-,38-,39-,40-,41+,43+,46-,47+,48-/m1/s1. The molecule has 5 aliphatic rings. The van der Waals surface area contributed by atoms with Crippen LogP contribution in [0, 0.1) is 17.8 Å². The maximum Gasteiger partial charge on any atom is 0.509 e. The van der Waals surface area contributed by atoms with E-state index in [0.29, 0.717) is 25.0 Å². The van der Waals surface area contributed by atoms with E-state index in [1.807, 2.05) is 105 Å². The topological polar surface area (TPSA) is 165 Å². The van der Waals surface area contributed by atoms with Crippen molar-refractivity contribution in [2.24, 2.45) is 17.8 Å². The van der Waals surface area contributed by atoms with Gasteiger partial charge in [0.05, 0.1) is 36.2 Å². The minimum absolute atomic E-state index is 0.0265. The lowest BCUT2D eigenvalue weighted by atomic mass is 9.78. The van der Waals surface area contributed by atoms with Gasteiger partial charge in [-0.2, -0.15) is 0 Å². The summed E-state index contributed by atoms with van der Waals surface area (Å²) < 4.78 is 76.8. The van der Waals surface area contributed by atoms with Crippen LogP contribution in [0.15, 0.2) is 41.7 Å². The fraction of sp³-hybridized carbons (Fsp3) is 0.750. The number of benzene rings is 1. The molecule has 0 spiro atoms. The molecule has 364 valence electrons. The number of thiocarbonyl (C=S) groups is 1. The molecule has 0 saturated carbocycles. The summed E-state index contributed by atoms with van der Waals surface area (Å²) in [4.78, 5) is 42.5. The summed E-state index contributed by atoms with van der Waals surface area (Å²) in [6.45, 7) is 20.4. The monoisotopic (exact) mass is 933 g/mol. The van der Waals surface area contributed by atoms with E-state index < -0.39 is 108 Å². The number of hydrogen-bond acceptors (Lipinski definition) is 17. The first-order chi connectivity index (χ1) is 30.5. The molecule has 16 nitrogen and oxygen atoms in total. The van der Waals surface area contributed by atoms with Crippen LogP contribution < -0.4 is 0 Å². The molecular weight excluding hydrogens is 863 g/mol. The molecule has 0 N–H and O–H groups in total. The third-order valence-electron chi connectivity index (χ3n) is 14.1. The molecule has 6 rings (SSSR count). The zero-order chi connectivity index (χ0) is 47.8. The van der Waals surface area contributed by atoms with E-state index in [9.17, 15) is 14.4 Å². The van der Waals surface area contributed by atoms with Crippen molar-refractivity contribution in [2.45, 2.75) is 193 Å². The lowest BCUT2D eigenvalue weighted by Crippen LogP contribution is -2.61. The molecule has 0 aromatic heterocycles. The largest absolute Gasteiger partial charge is 0.509 e. The van der Waals surface area contributed by atoms with Crippen LogP contribution >= 0.6 is 12.2 Å². The van der Waals surface area contributed by atoms with E-state index >= 15 is 0 Å². The van der Waals surface area contributed by atoms with Gasteiger partial charge in [-0.1, -0.05) is 51.1 Å². The minimum atomic E-state index is -1.17. The summed E-state index contributed by atoms with van der Waals surface area (Å²) >= 11 is 5.50. The number of ether oxygens (including phenoxy) is 12. The second-order valence-corrected chi connectivity index (χ2v) is 19.8. The molecule has 2 bridgehead atoms. The maximum absolute atomic E-state index is 14.7. The Morgan fingerprint density at radius 3 is 2.23 bits per heavy atom. The van der Waals surface area contributed by atoms with Crippen molar-refractivity contribution in [3.63, 3.8) is 0 Å². The molecule has 17 heteroatoms. The van der Waals surface area contributed by atoms with Gasteiger partial charge in [-0.15, -0.1) is 0 Å². The number of carbonyl (C=O) groups is 3. The van der Waals surface area contributed by atoms with Crippen molar-refractivity contribution in [3.8, 4) is 0 Å². The van der Waals surface area contributed by atoms with Crippen molar-refractivity contribution in [1.29, 1.82) is 0 Å². The van der Waals surface area contributed by atoms with Gasteiger partial charge in [-0.25, -0.2) is 4.79 Å². The molecule has 65 heavy (non-hydrogen) atoms. The first-order valence-electron chi connectivity index (χ1n) is 22.9. The molecule has 0 radical (unpaired) electrons. The summed E-state index contributed by atoms with van der Waals surface area (Å²) in [6.07, 6.45) is -7.41. The Balaban J connectivity index is 1.38. The van der Waals surface area contributed by atoms with Crippen molar-refractivity contribution in [2.75, 3.05) is 21.2 Å². The summed E-state index contributed by atoms with van der Waals surface area (Å²) in [5, 5.41) is -0.0407. The Kier molecular flexibility index (Phi) is 15.9. The predicted octanol–water partition coefficient (Wildman–Crippen LogP) is 7.17. The van der Waals surface area contributed by atoms with E-state index in [4.69, 9.17) is 69.1 Å². The highest BCUT2D eigenvalue weighted by atomic mass is 32.1. The van der Waals surface area contributed by atoms with Crippen molar-refractivity contribution in [1.82, 2.24) is 4.90 Å². The maximum atomic E-state index is 14.7. The second kappa shape index (κ2) is 20.3. The van der Waals surface area contributed by atoms with E-state index in [1.54, 1.807) is 13.8 Å². The number of rotatable bonds is 11. The first kappa shape index (κ1) is 50.8. The van der Waals surface area contributed by atoms with Gasteiger partial charge in [0, 0.05) is 45.0 Å². The number of fused-ring (bicyclic) bond motifs is 3. The van der Waals surface area contributed by atoms with Gasteiger partial charge in [0.2, 0.25) is 0 Å². The van der Waals surface area contributed by atoms with Gasteiger partial charge in [-0.05, 0) is 86.5 Å². The Labute approximate surface area is 389 Å². The summed E-state index contributed by atoms with van der Waals surface area (Å²) in [6, 6.07) is 9.05. The minimum Gasteiger partial charge on any atom is -0.488 e. The van der Waals surface area contributed by atoms with E-state index in [2.05, 4.69) is 0 Å². The van der Waals surface area contributed by atoms with Crippen LogP contribution in [0.2, 0.25) is 0 Å². The van der Waals surface area contributed by atoms with Crippen molar-refractivity contribution < 1.29 is 71.2 Å². The zero-order valence-corrected chi connectivity index (χ0v) is 41.3. The fourth-order valence-electron chi connectivity index (χ4n) is 10.7. The van der Waals surface area contributed by atoms with Gasteiger partial charge in [0.25, 0.3) is 0 Å². The van der Waals surface area contributed by atoms with Gasteiger partial charge in [0.1, 0.15) is 35.8 Å². The number of methoxy groups -OCH3 is 1. The number of likely N-dealkylation sites (N-methyl/N-ethyl adjacent to an activating group) is 1. The molecule has 0 amide bonds. The van der Waals surface area contributed by atoms with Gasteiger partial charge in [0.15, 0.2) is 36.5 Å². The Hall–Kier alpha value is -3.58. The number of cyclic esters (lactones) is 1. The molecule has 0 unspecified atom stereocenters. The molecule has 0 aliphatic carbocycles. The SMILES string of the molecule is CC[C@@H]1OC(=O)[C@H](C)[C@H](O[C@H]2C[C@@](C)(OC)[C@@H](OC(=O)OCc3ccccc3)[C@H](C)O2)[C@H](C)[C@@H](O[C@@H]2O[C@H](C)C[C@H](N(C)C)[C@H]2OC(C)=O)[C@]2(C)CC(C)=C(O2)[C@@H](C)[C@H]2OC(=S)O[C@]12C. The zero-order valence-electron chi connectivity index (χ0n) is 40.5. The number of carbonyl (C=O) groups excluding carboxylic acids is 3. The average Bonchev–Trinajstić information content (AvgIpc) is 3.74. The molecular formula is C48H71NO15S. The third-order valence-corrected chi connectivity index (χ3v) is 14.2. The predicted molar refractivity (Wildman–Crippen MR) is 239 cm³/mol. The van der Waals surface area contributed by atoms with Gasteiger partial charge in [-0.3, -0.25) is 9.59 Å². The molecule has 4 saturated heterocycles. The third kappa shape index (κ3) is 10.8. The molecule has 4 fully saturated rings. The van der Waals surface area contributed by atoms with Crippen LogP contribution in [0.4, 0.5) is 4.79 Å². The van der Waals surface area contributed by atoms with Crippen LogP contribution in [-0.4, -0.2) is 134 Å². The first-order valence-corrected chi connectivity index (χ1v) is 23.3. The van der Waals surface area contributed by atoms with E-state index in [-0.39, 0.29) is 30.4 Å². The highest BCUT2D eigenvalue weighted by Crippen LogP contribution is 2.50. The lowest BCUT2D eigenvalue weighted by Gasteiger charge is -2.49. The van der Waals surface area contributed by atoms with Crippen LogP contribution in [0.3, 0.4) is 0 Å². The fourth-order valence-corrected chi connectivity index (χ4v) is 11.0. The van der Waals surface area contributed by atoms with Crippen molar-refractivity contribution in [3.05, 3.63) is 47.2 Å². The van der Waals surface area contributed by atoms with Crippen LogP contribution in [0.1, 0.15) is 107 Å². The number of nitrogens with zero attached hydrogens (tertiary/aromatic N) is 1. The van der Waals surface area contributed by atoms with E-state index in [1.165, 1.54) is 14.0 Å². The van der Waals surface area contributed by atoms with Crippen LogP contribution in [0.25, 0.3) is 0 Å². The average molecular weight is 934 g/mol. The second-order valence-electron chi connectivity index (χ2n) is 19.4. The molecule has 1 aromatic carbocycles. The summed E-state index contributed by atoms with van der Waals surface area (Å²) in [5.41, 5.74) is -1.61. The molecule has 17 atom stereocenters. The van der Waals surface area contributed by atoms with Crippen LogP contribution in [-0.2, 0) is 73.0 Å². The lowest BCUT2D eigenvalue weighted by molar-refractivity contribution is -0.318. The van der Waals surface area contributed by atoms with Crippen LogP contribution in [0.5, 0.6) is 0 Å². The molecule has 5 heterocycles. The highest BCUT2D eigenvalue weighted by Gasteiger charge is 2.60. The normalized spacial score (nSPS) is 41.1. The molecule has 1 aromatic rings. The van der Waals surface area contributed by atoms with E-state index in [0.717, 1.165) is 11.1 Å². The quantitative estimate of drug-likeness (QED) is 0.124. The van der Waals surface area contributed by atoms with Gasteiger partial charge < -0.3 is 61.7 Å².